The number of carbonyl (C=O) groups is 2. The molecule has 0 spiro atoms. The summed E-state index contributed by atoms with van der Waals surface area (Å²) in [7, 11) is 0. The molecule has 1 N–H and O–H groups in total. The maximum Gasteiger partial charge on any atom is 0.325 e. The van der Waals surface area contributed by atoms with E-state index in [9.17, 15) is 9.59 Å². The first kappa shape index (κ1) is 15.7. The van der Waals surface area contributed by atoms with E-state index >= 15 is 0 Å². The molecule has 4 nitrogen and oxygen atoms in total. The number of ether oxygens (including phenoxy) is 1. The van der Waals surface area contributed by atoms with E-state index in [0.717, 1.165) is 11.3 Å². The molecule has 0 aromatic carbocycles. The van der Waals surface area contributed by atoms with Crippen LogP contribution in [-0.4, -0.2) is 24.5 Å². The third-order valence-corrected chi connectivity index (χ3v) is 3.49. The first-order valence-electron chi connectivity index (χ1n) is 6.42. The summed E-state index contributed by atoms with van der Waals surface area (Å²) in [4.78, 5) is 24.9. The van der Waals surface area contributed by atoms with Gasteiger partial charge in [0.15, 0.2) is 0 Å². The average Bonchev–Trinajstić information content (AvgIpc) is 2.71. The summed E-state index contributed by atoms with van der Waals surface area (Å²) in [5, 5.41) is 2.57. The summed E-state index contributed by atoms with van der Waals surface area (Å²) in [6.07, 6.45) is 0.706. The Bertz CT molecular complexity index is 440. The zero-order valence-electron chi connectivity index (χ0n) is 11.9. The first-order valence-corrected chi connectivity index (χ1v) is 7.24. The van der Waals surface area contributed by atoms with E-state index in [-0.39, 0.29) is 18.6 Å². The smallest absolute Gasteiger partial charge is 0.325 e. The molecule has 0 aliphatic rings. The fourth-order valence-corrected chi connectivity index (χ4v) is 2.56. The monoisotopic (exact) mass is 283 g/mol. The van der Waals surface area contributed by atoms with E-state index in [2.05, 4.69) is 19.2 Å². The largest absolute Gasteiger partial charge is 0.461 e. The van der Waals surface area contributed by atoms with Crippen LogP contribution >= 0.6 is 11.3 Å². The van der Waals surface area contributed by atoms with Gasteiger partial charge >= 0.3 is 5.97 Å². The second-order valence-corrected chi connectivity index (χ2v) is 6.31. The second kappa shape index (κ2) is 7.28. The SMILES string of the molecule is Cc1ccc(C(=O)NCC(=O)O[C@H](C)CC(C)C)s1. The van der Waals surface area contributed by atoms with Crippen molar-refractivity contribution in [3.63, 3.8) is 0 Å². The van der Waals surface area contributed by atoms with Crippen LogP contribution in [0.2, 0.25) is 0 Å². The van der Waals surface area contributed by atoms with Gasteiger partial charge in [0.1, 0.15) is 6.54 Å². The maximum atomic E-state index is 11.7. The van der Waals surface area contributed by atoms with Gasteiger partial charge < -0.3 is 10.1 Å². The molecule has 106 valence electrons. The molecule has 0 bridgehead atoms. The molecule has 0 aliphatic carbocycles. The van der Waals surface area contributed by atoms with Crippen molar-refractivity contribution >= 4 is 23.2 Å². The van der Waals surface area contributed by atoms with Crippen molar-refractivity contribution < 1.29 is 14.3 Å². The molecule has 19 heavy (non-hydrogen) atoms. The molecule has 5 heteroatoms. The number of rotatable bonds is 6. The third-order valence-electron chi connectivity index (χ3n) is 2.49. The second-order valence-electron chi connectivity index (χ2n) is 5.02. The van der Waals surface area contributed by atoms with Gasteiger partial charge in [0, 0.05) is 4.88 Å². The van der Waals surface area contributed by atoms with Crippen LogP contribution in [0.3, 0.4) is 0 Å². The van der Waals surface area contributed by atoms with Crippen molar-refractivity contribution in [3.05, 3.63) is 21.9 Å². The fourth-order valence-electron chi connectivity index (χ4n) is 1.77. The Balaban J connectivity index is 2.32. The molecule has 1 rings (SSSR count). The Hall–Kier alpha value is -1.36. The minimum absolute atomic E-state index is 0.0851. The summed E-state index contributed by atoms with van der Waals surface area (Å²) in [6.45, 7) is 7.86. The lowest BCUT2D eigenvalue weighted by Gasteiger charge is -2.15. The normalized spacial score (nSPS) is 12.3. The molecule has 0 unspecified atom stereocenters. The lowest BCUT2D eigenvalue weighted by molar-refractivity contribution is -0.147. The Kier molecular flexibility index (Phi) is 6.02. The highest BCUT2D eigenvalue weighted by Crippen LogP contribution is 2.14. The summed E-state index contributed by atoms with van der Waals surface area (Å²) >= 11 is 1.41. The van der Waals surface area contributed by atoms with E-state index in [0.29, 0.717) is 10.8 Å². The Labute approximate surface area is 118 Å². The van der Waals surface area contributed by atoms with Gasteiger partial charge in [-0.3, -0.25) is 9.59 Å². The van der Waals surface area contributed by atoms with Crippen molar-refractivity contribution in [2.75, 3.05) is 6.54 Å². The number of aryl methyl sites for hydroxylation is 1. The summed E-state index contributed by atoms with van der Waals surface area (Å²) < 4.78 is 5.20. The van der Waals surface area contributed by atoms with Crippen molar-refractivity contribution in [2.45, 2.75) is 40.2 Å². The first-order chi connectivity index (χ1) is 8.88. The molecule has 0 saturated carbocycles. The molecule has 0 fully saturated rings. The zero-order chi connectivity index (χ0) is 14.4. The third kappa shape index (κ3) is 5.87. The summed E-state index contributed by atoms with van der Waals surface area (Å²) in [5.41, 5.74) is 0. The van der Waals surface area contributed by atoms with Crippen LogP contribution in [0.15, 0.2) is 12.1 Å². The number of hydrogen-bond donors (Lipinski definition) is 1. The van der Waals surface area contributed by atoms with Gasteiger partial charge in [0.05, 0.1) is 11.0 Å². The Morgan fingerprint density at radius 2 is 2.00 bits per heavy atom. The van der Waals surface area contributed by atoms with E-state index in [1.807, 2.05) is 19.9 Å². The predicted molar refractivity (Wildman–Crippen MR) is 76.4 cm³/mol. The molecule has 1 atom stereocenters. The number of thiophene rings is 1. The van der Waals surface area contributed by atoms with Gasteiger partial charge in [-0.25, -0.2) is 0 Å². The van der Waals surface area contributed by atoms with Gasteiger partial charge in [-0.05, 0) is 38.3 Å². The highest BCUT2D eigenvalue weighted by atomic mass is 32.1. The molecular formula is C14H21NO3S. The molecule has 1 aromatic rings. The quantitative estimate of drug-likeness (QED) is 0.817. The molecule has 1 amide bonds. The topological polar surface area (TPSA) is 55.4 Å². The predicted octanol–water partition coefficient (Wildman–Crippen LogP) is 2.76. The van der Waals surface area contributed by atoms with Gasteiger partial charge in [-0.2, -0.15) is 0 Å². The van der Waals surface area contributed by atoms with Crippen LogP contribution in [0.25, 0.3) is 0 Å². The summed E-state index contributed by atoms with van der Waals surface area (Å²) in [6, 6.07) is 3.63. The lowest BCUT2D eigenvalue weighted by Crippen LogP contribution is -2.32. The van der Waals surface area contributed by atoms with Crippen LogP contribution in [0.1, 0.15) is 41.7 Å². The molecule has 1 heterocycles. The molecule has 0 saturated heterocycles. The van der Waals surface area contributed by atoms with Gasteiger partial charge in [-0.15, -0.1) is 11.3 Å². The molecular weight excluding hydrogens is 262 g/mol. The number of esters is 1. The number of carbonyl (C=O) groups excluding carboxylic acids is 2. The fraction of sp³-hybridized carbons (Fsp3) is 0.571. The number of nitrogens with one attached hydrogen (secondary N) is 1. The number of amides is 1. The number of hydrogen-bond acceptors (Lipinski definition) is 4. The van der Waals surface area contributed by atoms with Gasteiger partial charge in [-0.1, -0.05) is 13.8 Å². The average molecular weight is 283 g/mol. The van der Waals surface area contributed by atoms with Crippen molar-refractivity contribution in [3.8, 4) is 0 Å². The van der Waals surface area contributed by atoms with Gasteiger partial charge in [0.25, 0.3) is 5.91 Å². The lowest BCUT2D eigenvalue weighted by atomic mass is 10.1. The van der Waals surface area contributed by atoms with Crippen LogP contribution in [0, 0.1) is 12.8 Å². The minimum atomic E-state index is -0.394. The summed E-state index contributed by atoms with van der Waals surface area (Å²) in [5.74, 6) is -0.146. The molecule has 0 radical (unpaired) electrons. The molecule has 0 aliphatic heterocycles. The van der Waals surface area contributed by atoms with Crippen molar-refractivity contribution in [1.82, 2.24) is 5.32 Å². The Morgan fingerprint density at radius 1 is 1.32 bits per heavy atom. The van der Waals surface area contributed by atoms with Crippen LogP contribution in [-0.2, 0) is 9.53 Å². The van der Waals surface area contributed by atoms with Crippen LogP contribution in [0.5, 0.6) is 0 Å². The Morgan fingerprint density at radius 3 is 2.53 bits per heavy atom. The van der Waals surface area contributed by atoms with Crippen molar-refractivity contribution in [2.24, 2.45) is 5.92 Å². The molecule has 1 aromatic heterocycles. The van der Waals surface area contributed by atoms with Crippen LogP contribution in [0.4, 0.5) is 0 Å². The van der Waals surface area contributed by atoms with E-state index in [1.165, 1.54) is 11.3 Å². The zero-order valence-corrected chi connectivity index (χ0v) is 12.7. The standard InChI is InChI=1S/C14H21NO3S/c1-9(2)7-10(3)18-13(16)8-15-14(17)12-6-5-11(4)19-12/h5-6,9-10H,7-8H2,1-4H3,(H,15,17)/t10-/m1/s1. The maximum absolute atomic E-state index is 11.7. The highest BCUT2D eigenvalue weighted by Gasteiger charge is 2.13. The van der Waals surface area contributed by atoms with E-state index in [4.69, 9.17) is 4.74 Å². The van der Waals surface area contributed by atoms with Crippen LogP contribution < -0.4 is 5.32 Å². The minimum Gasteiger partial charge on any atom is -0.461 e. The van der Waals surface area contributed by atoms with E-state index < -0.39 is 5.97 Å². The van der Waals surface area contributed by atoms with E-state index in [1.54, 1.807) is 6.07 Å². The van der Waals surface area contributed by atoms with Crippen molar-refractivity contribution in [1.29, 1.82) is 0 Å². The van der Waals surface area contributed by atoms with Gasteiger partial charge in [0.2, 0.25) is 0 Å². The highest BCUT2D eigenvalue weighted by molar-refractivity contribution is 7.13.